The summed E-state index contributed by atoms with van der Waals surface area (Å²) in [4.78, 5) is -0.258. The predicted molar refractivity (Wildman–Crippen MR) is 77.7 cm³/mol. The smallest absolute Gasteiger partial charge is 0.207 e. The van der Waals surface area contributed by atoms with E-state index in [2.05, 4.69) is 13.8 Å². The van der Waals surface area contributed by atoms with E-state index in [1.165, 1.54) is 16.4 Å². The maximum atomic E-state index is 14.0. The van der Waals surface area contributed by atoms with Gasteiger partial charge in [0.2, 0.25) is 10.0 Å². The summed E-state index contributed by atoms with van der Waals surface area (Å²) in [5, 5.41) is 0. The summed E-state index contributed by atoms with van der Waals surface area (Å²) in [7, 11) is -3.75. The number of sulfonamides is 1. The molecule has 1 saturated heterocycles. The molecule has 1 aliphatic rings. The first kappa shape index (κ1) is 15.7. The quantitative estimate of drug-likeness (QED) is 0.801. The van der Waals surface area contributed by atoms with Crippen molar-refractivity contribution in [2.45, 2.75) is 37.5 Å². The molecule has 0 saturated carbocycles. The lowest BCUT2D eigenvalue weighted by molar-refractivity contribution is 0.195. The molecular weight excluding hydrogens is 301 g/mol. The highest BCUT2D eigenvalue weighted by Gasteiger charge is 2.34. The van der Waals surface area contributed by atoms with Crippen molar-refractivity contribution < 1.29 is 12.8 Å². The van der Waals surface area contributed by atoms with Gasteiger partial charge >= 0.3 is 0 Å². The molecule has 0 N–H and O–H groups in total. The summed E-state index contributed by atoms with van der Waals surface area (Å²) in [5.41, 5.74) is 0.718. The minimum atomic E-state index is -3.75. The van der Waals surface area contributed by atoms with E-state index < -0.39 is 15.8 Å². The van der Waals surface area contributed by atoms with Gasteiger partial charge in [-0.25, -0.2) is 12.8 Å². The standard InChI is InChI=1S/C14H19ClFNO2S/c1-14(2)5-7-17(8-6-14)20(18,19)13-4-3-11(10-15)9-12(13)16/h3-4,9H,5-8,10H2,1-2H3. The number of hydrogen-bond acceptors (Lipinski definition) is 2. The minimum absolute atomic E-state index is 0.146. The Balaban J connectivity index is 2.27. The van der Waals surface area contributed by atoms with Gasteiger partial charge in [0.15, 0.2) is 0 Å². The molecule has 3 nitrogen and oxygen atoms in total. The Hall–Kier alpha value is -0.650. The van der Waals surface area contributed by atoms with Crippen molar-refractivity contribution in [2.75, 3.05) is 13.1 Å². The van der Waals surface area contributed by atoms with Crippen LogP contribution in [0, 0.1) is 11.2 Å². The van der Waals surface area contributed by atoms with Crippen LogP contribution >= 0.6 is 11.6 Å². The van der Waals surface area contributed by atoms with Crippen molar-refractivity contribution in [1.82, 2.24) is 4.31 Å². The third kappa shape index (κ3) is 3.15. The Morgan fingerprint density at radius 3 is 2.40 bits per heavy atom. The fraction of sp³-hybridized carbons (Fsp3) is 0.571. The molecule has 0 bridgehead atoms. The van der Waals surface area contributed by atoms with Gasteiger partial charge in [-0.15, -0.1) is 11.6 Å². The lowest BCUT2D eigenvalue weighted by atomic mass is 9.83. The molecule has 1 aromatic carbocycles. The van der Waals surface area contributed by atoms with E-state index in [9.17, 15) is 12.8 Å². The molecule has 0 radical (unpaired) electrons. The van der Waals surface area contributed by atoms with Crippen molar-refractivity contribution in [1.29, 1.82) is 0 Å². The summed E-state index contributed by atoms with van der Waals surface area (Å²) in [6, 6.07) is 4.05. The minimum Gasteiger partial charge on any atom is -0.207 e. The number of hydrogen-bond donors (Lipinski definition) is 0. The molecule has 20 heavy (non-hydrogen) atoms. The first-order valence-corrected chi connectivity index (χ1v) is 8.58. The predicted octanol–water partition coefficient (Wildman–Crippen LogP) is 3.38. The highest BCUT2D eigenvalue weighted by Crippen LogP contribution is 2.32. The third-order valence-electron chi connectivity index (χ3n) is 3.84. The Bertz CT molecular complexity index is 591. The molecule has 1 aromatic rings. The molecule has 6 heteroatoms. The number of piperidine rings is 1. The molecule has 0 spiro atoms. The van der Waals surface area contributed by atoms with Gasteiger partial charge in [-0.05, 0) is 36.0 Å². The van der Waals surface area contributed by atoms with Crippen LogP contribution < -0.4 is 0 Å². The average molecular weight is 320 g/mol. The molecule has 0 atom stereocenters. The zero-order valence-corrected chi connectivity index (χ0v) is 13.3. The van der Waals surface area contributed by atoms with E-state index in [0.717, 1.165) is 12.8 Å². The van der Waals surface area contributed by atoms with Crippen molar-refractivity contribution in [3.05, 3.63) is 29.6 Å². The van der Waals surface area contributed by atoms with Gasteiger partial charge in [0.1, 0.15) is 10.7 Å². The Kier molecular flexibility index (Phi) is 4.42. The normalized spacial score (nSPS) is 20.0. The van der Waals surface area contributed by atoms with Gasteiger partial charge in [-0.1, -0.05) is 19.9 Å². The highest BCUT2D eigenvalue weighted by molar-refractivity contribution is 7.89. The lowest BCUT2D eigenvalue weighted by Crippen LogP contribution is -2.41. The van der Waals surface area contributed by atoms with E-state index in [0.29, 0.717) is 18.7 Å². The van der Waals surface area contributed by atoms with Gasteiger partial charge in [0.05, 0.1) is 0 Å². The summed E-state index contributed by atoms with van der Waals surface area (Å²) in [5.74, 6) is -0.567. The second-order valence-corrected chi connectivity index (χ2v) is 8.14. The third-order valence-corrected chi connectivity index (χ3v) is 6.08. The van der Waals surface area contributed by atoms with Gasteiger partial charge in [0, 0.05) is 19.0 Å². The van der Waals surface area contributed by atoms with Crippen LogP contribution in [0.3, 0.4) is 0 Å². The highest BCUT2D eigenvalue weighted by atomic mass is 35.5. The van der Waals surface area contributed by atoms with Crippen LogP contribution in [0.15, 0.2) is 23.1 Å². The molecule has 0 unspecified atom stereocenters. The van der Waals surface area contributed by atoms with Gasteiger partial charge in [0.25, 0.3) is 0 Å². The largest absolute Gasteiger partial charge is 0.245 e. The van der Waals surface area contributed by atoms with Crippen molar-refractivity contribution in [2.24, 2.45) is 5.41 Å². The van der Waals surface area contributed by atoms with Gasteiger partial charge in [-0.2, -0.15) is 4.31 Å². The number of rotatable bonds is 3. The summed E-state index contributed by atoms with van der Waals surface area (Å²) < 4.78 is 40.3. The Morgan fingerprint density at radius 1 is 1.30 bits per heavy atom. The van der Waals surface area contributed by atoms with Gasteiger partial charge in [-0.3, -0.25) is 0 Å². The molecular formula is C14H19ClFNO2S. The van der Waals surface area contributed by atoms with E-state index in [4.69, 9.17) is 11.6 Å². The van der Waals surface area contributed by atoms with E-state index in [-0.39, 0.29) is 16.2 Å². The van der Waals surface area contributed by atoms with Gasteiger partial charge < -0.3 is 0 Å². The number of benzene rings is 1. The van der Waals surface area contributed by atoms with Crippen LogP contribution in [-0.4, -0.2) is 25.8 Å². The fourth-order valence-electron chi connectivity index (χ4n) is 2.31. The molecule has 1 heterocycles. The molecule has 0 aliphatic carbocycles. The monoisotopic (exact) mass is 319 g/mol. The zero-order valence-electron chi connectivity index (χ0n) is 11.7. The SMILES string of the molecule is CC1(C)CCN(S(=O)(=O)c2ccc(CCl)cc2F)CC1. The first-order valence-electron chi connectivity index (χ1n) is 6.61. The number of nitrogens with zero attached hydrogens (tertiary/aromatic N) is 1. The first-order chi connectivity index (χ1) is 9.26. The number of alkyl halides is 1. The molecule has 1 aliphatic heterocycles. The average Bonchev–Trinajstić information content (AvgIpc) is 2.37. The van der Waals surface area contributed by atoms with Crippen LogP contribution in [0.25, 0.3) is 0 Å². The molecule has 0 amide bonds. The Morgan fingerprint density at radius 2 is 1.90 bits per heavy atom. The van der Waals surface area contributed by atoms with Crippen molar-refractivity contribution in [3.63, 3.8) is 0 Å². The van der Waals surface area contributed by atoms with E-state index in [1.807, 2.05) is 0 Å². The maximum Gasteiger partial charge on any atom is 0.245 e. The van der Waals surface area contributed by atoms with Crippen molar-refractivity contribution in [3.8, 4) is 0 Å². The molecule has 0 aromatic heterocycles. The second-order valence-electron chi connectivity index (χ2n) is 5.97. The van der Waals surface area contributed by atoms with Crippen LogP contribution in [0.2, 0.25) is 0 Å². The number of halogens is 2. The lowest BCUT2D eigenvalue weighted by Gasteiger charge is -2.36. The summed E-state index contributed by atoms with van der Waals surface area (Å²) in [6.45, 7) is 5.11. The summed E-state index contributed by atoms with van der Waals surface area (Å²) >= 11 is 5.62. The van der Waals surface area contributed by atoms with E-state index in [1.54, 1.807) is 6.07 Å². The maximum absolute atomic E-state index is 14.0. The molecule has 112 valence electrons. The topological polar surface area (TPSA) is 37.4 Å². The zero-order chi connectivity index (χ0) is 15.0. The molecule has 1 fully saturated rings. The van der Waals surface area contributed by atoms with Crippen LogP contribution in [0.4, 0.5) is 4.39 Å². The van der Waals surface area contributed by atoms with Crippen LogP contribution in [0.5, 0.6) is 0 Å². The summed E-state index contributed by atoms with van der Waals surface area (Å²) in [6.07, 6.45) is 1.57. The Labute approximate surface area is 124 Å². The van der Waals surface area contributed by atoms with Crippen LogP contribution in [-0.2, 0) is 15.9 Å². The molecule has 2 rings (SSSR count). The fourth-order valence-corrected chi connectivity index (χ4v) is 3.96. The van der Waals surface area contributed by atoms with Crippen LogP contribution in [0.1, 0.15) is 32.3 Å². The van der Waals surface area contributed by atoms with Crippen molar-refractivity contribution >= 4 is 21.6 Å². The van der Waals surface area contributed by atoms with E-state index >= 15 is 0 Å². The second kappa shape index (κ2) is 5.62.